The van der Waals surface area contributed by atoms with E-state index in [4.69, 9.17) is 34.8 Å². The van der Waals surface area contributed by atoms with Gasteiger partial charge in [-0.3, -0.25) is 0 Å². The maximum Gasteiger partial charge on any atom is 0.121 e. The number of hydrogen-bond donors (Lipinski definition) is 0. The molecular formula is C8H11Cl3. The lowest BCUT2D eigenvalue weighted by molar-refractivity contribution is 0.414. The third kappa shape index (κ3) is 2.85. The quantitative estimate of drug-likeness (QED) is 0.604. The third-order valence-corrected chi connectivity index (χ3v) is 3.24. The summed E-state index contributed by atoms with van der Waals surface area (Å²) in [7, 11) is 0. The molecule has 1 saturated carbocycles. The second kappa shape index (κ2) is 4.59. The monoisotopic (exact) mass is 212 g/mol. The normalized spacial score (nSPS) is 19.9. The van der Waals surface area contributed by atoms with Gasteiger partial charge in [0.2, 0.25) is 0 Å². The smallest absolute Gasteiger partial charge is 0.0862 e. The second-order valence-corrected chi connectivity index (χ2v) is 4.30. The Hall–Kier alpha value is 0.610. The van der Waals surface area contributed by atoms with Gasteiger partial charge in [-0.2, -0.15) is 0 Å². The molecule has 1 aliphatic rings. The van der Waals surface area contributed by atoms with Crippen molar-refractivity contribution >= 4 is 34.8 Å². The molecule has 0 aromatic carbocycles. The highest BCUT2D eigenvalue weighted by Crippen LogP contribution is 2.35. The Morgan fingerprint density at radius 1 is 0.909 bits per heavy atom. The molecule has 1 fully saturated rings. The fraction of sp³-hybridized carbons (Fsp3) is 0.750. The van der Waals surface area contributed by atoms with Gasteiger partial charge in [-0.25, -0.2) is 0 Å². The van der Waals surface area contributed by atoms with Crippen molar-refractivity contribution in [3.63, 3.8) is 0 Å². The summed E-state index contributed by atoms with van der Waals surface area (Å²) in [6, 6.07) is 0. The second-order valence-electron chi connectivity index (χ2n) is 2.94. The van der Waals surface area contributed by atoms with Crippen LogP contribution in [0.3, 0.4) is 0 Å². The summed E-state index contributed by atoms with van der Waals surface area (Å²) in [6.07, 6.45) is 6.11. The predicted molar refractivity (Wildman–Crippen MR) is 51.2 cm³/mol. The highest BCUT2D eigenvalue weighted by atomic mass is 35.5. The molecule has 0 heterocycles. The van der Waals surface area contributed by atoms with Crippen LogP contribution in [0, 0.1) is 5.92 Å². The summed E-state index contributed by atoms with van der Waals surface area (Å²) in [5, 5.41) is 0.660. The van der Waals surface area contributed by atoms with Crippen LogP contribution in [0.1, 0.15) is 32.1 Å². The SMILES string of the molecule is ClC(Cl)=C(Cl)C1CCCCC1. The van der Waals surface area contributed by atoms with Crippen molar-refractivity contribution in [1.82, 2.24) is 0 Å². The Labute approximate surface area is 82.5 Å². The Balaban J connectivity index is 2.52. The fourth-order valence-corrected chi connectivity index (χ4v) is 2.04. The highest BCUT2D eigenvalue weighted by molar-refractivity contribution is 6.59. The first kappa shape index (κ1) is 9.70. The standard InChI is InChI=1S/C8H11Cl3/c9-7(8(10)11)6-4-2-1-3-5-6/h6H,1-5H2. The van der Waals surface area contributed by atoms with Crippen LogP contribution in [0.5, 0.6) is 0 Å². The number of halogens is 3. The zero-order valence-electron chi connectivity index (χ0n) is 6.25. The van der Waals surface area contributed by atoms with Gasteiger partial charge in [-0.05, 0) is 18.8 Å². The summed E-state index contributed by atoms with van der Waals surface area (Å²) >= 11 is 17.1. The van der Waals surface area contributed by atoms with Crippen molar-refractivity contribution in [2.45, 2.75) is 32.1 Å². The topological polar surface area (TPSA) is 0 Å². The lowest BCUT2D eigenvalue weighted by Crippen LogP contribution is -2.06. The van der Waals surface area contributed by atoms with E-state index in [0.29, 0.717) is 11.0 Å². The van der Waals surface area contributed by atoms with Crippen LogP contribution in [0.25, 0.3) is 0 Å². The predicted octanol–water partition coefficient (Wildman–Crippen LogP) is 4.45. The van der Waals surface area contributed by atoms with E-state index in [2.05, 4.69) is 0 Å². The summed E-state index contributed by atoms with van der Waals surface area (Å²) in [5.74, 6) is 0.426. The van der Waals surface area contributed by atoms with E-state index in [-0.39, 0.29) is 4.49 Å². The van der Waals surface area contributed by atoms with Gasteiger partial charge in [0.1, 0.15) is 4.49 Å². The van der Waals surface area contributed by atoms with E-state index >= 15 is 0 Å². The molecule has 0 unspecified atom stereocenters. The summed E-state index contributed by atoms with van der Waals surface area (Å²) in [6.45, 7) is 0. The first-order valence-electron chi connectivity index (χ1n) is 3.92. The van der Waals surface area contributed by atoms with Gasteiger partial charge < -0.3 is 0 Å². The third-order valence-electron chi connectivity index (χ3n) is 2.14. The molecule has 64 valence electrons. The van der Waals surface area contributed by atoms with Crippen molar-refractivity contribution in [1.29, 1.82) is 0 Å². The number of rotatable bonds is 1. The highest BCUT2D eigenvalue weighted by Gasteiger charge is 2.18. The first-order chi connectivity index (χ1) is 5.22. The number of allylic oxidation sites excluding steroid dienone is 1. The molecule has 0 aromatic heterocycles. The molecule has 0 atom stereocenters. The van der Waals surface area contributed by atoms with Crippen LogP contribution in [0.4, 0.5) is 0 Å². The van der Waals surface area contributed by atoms with Crippen molar-refractivity contribution in [3.8, 4) is 0 Å². The lowest BCUT2D eigenvalue weighted by Gasteiger charge is -2.20. The molecule has 1 aliphatic carbocycles. The van der Waals surface area contributed by atoms with Crippen molar-refractivity contribution in [3.05, 3.63) is 9.52 Å². The van der Waals surface area contributed by atoms with Gasteiger partial charge in [0.15, 0.2) is 0 Å². The van der Waals surface area contributed by atoms with Gasteiger partial charge in [0.05, 0.1) is 5.03 Å². The van der Waals surface area contributed by atoms with Gasteiger partial charge >= 0.3 is 0 Å². The van der Waals surface area contributed by atoms with E-state index < -0.39 is 0 Å². The zero-order valence-corrected chi connectivity index (χ0v) is 8.51. The van der Waals surface area contributed by atoms with E-state index in [0.717, 1.165) is 12.8 Å². The Morgan fingerprint density at radius 2 is 1.45 bits per heavy atom. The van der Waals surface area contributed by atoms with Gasteiger partial charge in [0, 0.05) is 0 Å². The molecule has 0 saturated heterocycles. The summed E-state index contributed by atoms with van der Waals surface area (Å²) in [4.78, 5) is 0. The van der Waals surface area contributed by atoms with Crippen LogP contribution in [0.2, 0.25) is 0 Å². The molecule has 11 heavy (non-hydrogen) atoms. The molecule has 0 spiro atoms. The van der Waals surface area contributed by atoms with Crippen LogP contribution in [-0.4, -0.2) is 0 Å². The molecule has 0 radical (unpaired) electrons. The largest absolute Gasteiger partial charge is 0.121 e. The van der Waals surface area contributed by atoms with Crippen molar-refractivity contribution in [2.75, 3.05) is 0 Å². The van der Waals surface area contributed by atoms with Gasteiger partial charge in [0.25, 0.3) is 0 Å². The van der Waals surface area contributed by atoms with Crippen LogP contribution >= 0.6 is 34.8 Å². The molecule has 0 N–H and O–H groups in total. The fourth-order valence-electron chi connectivity index (χ4n) is 1.51. The molecule has 0 nitrogen and oxygen atoms in total. The van der Waals surface area contributed by atoms with E-state index in [1.807, 2.05) is 0 Å². The van der Waals surface area contributed by atoms with E-state index in [1.54, 1.807) is 0 Å². The summed E-state index contributed by atoms with van der Waals surface area (Å²) in [5.41, 5.74) is 0. The zero-order chi connectivity index (χ0) is 8.27. The van der Waals surface area contributed by atoms with Crippen LogP contribution in [-0.2, 0) is 0 Å². The minimum Gasteiger partial charge on any atom is -0.0862 e. The minimum atomic E-state index is 0.249. The van der Waals surface area contributed by atoms with E-state index in [9.17, 15) is 0 Å². The number of hydrogen-bond acceptors (Lipinski definition) is 0. The Morgan fingerprint density at radius 3 is 1.91 bits per heavy atom. The molecule has 3 heteroatoms. The minimum absolute atomic E-state index is 0.249. The average Bonchev–Trinajstić information content (AvgIpc) is 2.05. The first-order valence-corrected chi connectivity index (χ1v) is 5.06. The molecule has 0 aromatic rings. The Kier molecular flexibility index (Phi) is 4.05. The molecule has 0 bridgehead atoms. The maximum atomic E-state index is 5.91. The van der Waals surface area contributed by atoms with Crippen molar-refractivity contribution in [2.24, 2.45) is 5.92 Å². The molecule has 0 amide bonds. The van der Waals surface area contributed by atoms with Gasteiger partial charge in [-0.1, -0.05) is 54.1 Å². The lowest BCUT2D eigenvalue weighted by atomic mass is 9.89. The van der Waals surface area contributed by atoms with Gasteiger partial charge in [-0.15, -0.1) is 0 Å². The van der Waals surface area contributed by atoms with E-state index in [1.165, 1.54) is 19.3 Å². The molecule has 1 rings (SSSR count). The Bertz CT molecular complexity index is 153. The van der Waals surface area contributed by atoms with Crippen molar-refractivity contribution < 1.29 is 0 Å². The summed E-state index contributed by atoms with van der Waals surface area (Å²) < 4.78 is 0.249. The molecular weight excluding hydrogens is 202 g/mol. The van der Waals surface area contributed by atoms with Crippen LogP contribution < -0.4 is 0 Å². The van der Waals surface area contributed by atoms with Crippen LogP contribution in [0.15, 0.2) is 9.52 Å². The maximum absolute atomic E-state index is 5.91. The average molecular weight is 214 g/mol. The molecule has 0 aliphatic heterocycles.